The van der Waals surface area contributed by atoms with Crippen LogP contribution < -0.4 is 4.74 Å². The minimum atomic E-state index is -0.789. The van der Waals surface area contributed by atoms with Crippen molar-refractivity contribution in [2.75, 3.05) is 0 Å². The van der Waals surface area contributed by atoms with Crippen LogP contribution in [0.25, 0.3) is 0 Å². The lowest BCUT2D eigenvalue weighted by atomic mass is 10.2. The topological polar surface area (TPSA) is 9.23 Å². The molecule has 94 valence electrons. The molecule has 0 aliphatic heterocycles. The Labute approximate surface area is 110 Å². The molecule has 0 unspecified atom stereocenters. The van der Waals surface area contributed by atoms with Gasteiger partial charge >= 0.3 is 0 Å². The third-order valence-electron chi connectivity index (χ3n) is 2.31. The minimum Gasteiger partial charge on any atom is -0.486 e. The first-order chi connectivity index (χ1) is 8.58. The van der Waals surface area contributed by atoms with E-state index in [1.54, 1.807) is 6.07 Å². The van der Waals surface area contributed by atoms with Crippen LogP contribution in [0.4, 0.5) is 13.2 Å². The highest BCUT2D eigenvalue weighted by molar-refractivity contribution is 9.10. The summed E-state index contributed by atoms with van der Waals surface area (Å²) in [6.07, 6.45) is 0. The van der Waals surface area contributed by atoms with Gasteiger partial charge in [0.05, 0.1) is 4.47 Å². The molecule has 2 aromatic rings. The normalized spacial score (nSPS) is 10.4. The first-order valence-corrected chi connectivity index (χ1v) is 5.88. The predicted octanol–water partition coefficient (Wildman–Crippen LogP) is 4.45. The second kappa shape index (κ2) is 5.44. The van der Waals surface area contributed by atoms with Gasteiger partial charge < -0.3 is 4.74 Å². The van der Waals surface area contributed by atoms with Gasteiger partial charge in [-0.05, 0) is 34.1 Å². The molecule has 0 saturated heterocycles. The van der Waals surface area contributed by atoms with E-state index in [1.807, 2.05) is 0 Å². The molecule has 0 bridgehead atoms. The van der Waals surface area contributed by atoms with Crippen LogP contribution in [0.15, 0.2) is 40.9 Å². The third-order valence-corrected chi connectivity index (χ3v) is 3.20. The number of hydrogen-bond acceptors (Lipinski definition) is 1. The van der Waals surface area contributed by atoms with Gasteiger partial charge in [0, 0.05) is 11.6 Å². The van der Waals surface area contributed by atoms with Crippen molar-refractivity contribution >= 4 is 15.9 Å². The van der Waals surface area contributed by atoms with Crippen molar-refractivity contribution in [1.29, 1.82) is 0 Å². The minimum absolute atomic E-state index is 0.0130. The molecule has 0 atom stereocenters. The van der Waals surface area contributed by atoms with Gasteiger partial charge in [0.1, 0.15) is 18.2 Å². The van der Waals surface area contributed by atoms with Crippen molar-refractivity contribution in [1.82, 2.24) is 0 Å². The summed E-state index contributed by atoms with van der Waals surface area (Å²) in [4.78, 5) is 0. The molecule has 0 N–H and O–H groups in total. The summed E-state index contributed by atoms with van der Waals surface area (Å²) < 4.78 is 44.6. The predicted molar refractivity (Wildman–Crippen MR) is 64.8 cm³/mol. The van der Waals surface area contributed by atoms with E-state index in [0.29, 0.717) is 5.56 Å². The van der Waals surface area contributed by atoms with Crippen LogP contribution in [0.2, 0.25) is 0 Å². The molecule has 0 heterocycles. The molecule has 0 aliphatic carbocycles. The summed E-state index contributed by atoms with van der Waals surface area (Å²) in [6.45, 7) is -0.0130. The molecule has 5 heteroatoms. The van der Waals surface area contributed by atoms with Crippen molar-refractivity contribution < 1.29 is 17.9 Å². The van der Waals surface area contributed by atoms with E-state index < -0.39 is 17.5 Å². The Balaban J connectivity index is 2.14. The van der Waals surface area contributed by atoms with E-state index in [2.05, 4.69) is 15.9 Å². The maximum atomic E-state index is 13.3. The Morgan fingerprint density at radius 2 is 1.78 bits per heavy atom. The average molecular weight is 317 g/mol. The van der Waals surface area contributed by atoms with Crippen LogP contribution in [-0.4, -0.2) is 0 Å². The standard InChI is InChI=1S/C13H8BrF3O/c14-13-8(2-1-3-10(13)16)7-18-12-5-4-9(15)6-11(12)17/h1-6H,7H2. The summed E-state index contributed by atoms with van der Waals surface area (Å²) in [5, 5.41) is 0. The zero-order valence-electron chi connectivity index (χ0n) is 9.09. The summed E-state index contributed by atoms with van der Waals surface area (Å²) in [5.41, 5.74) is 0.540. The van der Waals surface area contributed by atoms with Crippen molar-refractivity contribution in [2.45, 2.75) is 6.61 Å². The molecule has 0 fully saturated rings. The monoisotopic (exact) mass is 316 g/mol. The number of ether oxygens (including phenoxy) is 1. The Morgan fingerprint density at radius 3 is 2.50 bits per heavy atom. The first kappa shape index (κ1) is 13.0. The van der Waals surface area contributed by atoms with Gasteiger partial charge in [0.25, 0.3) is 0 Å². The summed E-state index contributed by atoms with van der Waals surface area (Å²) in [5.74, 6) is -1.96. The SMILES string of the molecule is Fc1ccc(OCc2cccc(F)c2Br)c(F)c1. The highest BCUT2D eigenvalue weighted by Gasteiger charge is 2.08. The molecule has 2 rings (SSSR count). The van der Waals surface area contributed by atoms with Gasteiger partial charge in [-0.3, -0.25) is 0 Å². The van der Waals surface area contributed by atoms with Gasteiger partial charge in [-0.1, -0.05) is 12.1 Å². The van der Waals surface area contributed by atoms with Crippen LogP contribution in [0, 0.1) is 17.5 Å². The van der Waals surface area contributed by atoms with Crippen molar-refractivity contribution in [3.63, 3.8) is 0 Å². The Morgan fingerprint density at radius 1 is 1.00 bits per heavy atom. The largest absolute Gasteiger partial charge is 0.486 e. The van der Waals surface area contributed by atoms with Gasteiger partial charge in [-0.25, -0.2) is 13.2 Å². The van der Waals surface area contributed by atoms with Gasteiger partial charge in [0.2, 0.25) is 0 Å². The Hall–Kier alpha value is -1.49. The molecule has 0 amide bonds. The lowest BCUT2D eigenvalue weighted by Gasteiger charge is -2.09. The maximum Gasteiger partial charge on any atom is 0.167 e. The molecule has 0 aliphatic rings. The van der Waals surface area contributed by atoms with E-state index >= 15 is 0 Å². The van der Waals surface area contributed by atoms with Crippen LogP contribution in [0.5, 0.6) is 5.75 Å². The van der Waals surface area contributed by atoms with E-state index in [-0.39, 0.29) is 16.8 Å². The Bertz CT molecular complexity index is 572. The lowest BCUT2D eigenvalue weighted by Crippen LogP contribution is -1.99. The fourth-order valence-electron chi connectivity index (χ4n) is 1.41. The zero-order chi connectivity index (χ0) is 13.1. The Kier molecular flexibility index (Phi) is 3.91. The average Bonchev–Trinajstić information content (AvgIpc) is 2.33. The summed E-state index contributed by atoms with van der Waals surface area (Å²) in [7, 11) is 0. The summed E-state index contributed by atoms with van der Waals surface area (Å²) >= 11 is 3.08. The lowest BCUT2D eigenvalue weighted by molar-refractivity contribution is 0.288. The van der Waals surface area contributed by atoms with E-state index in [4.69, 9.17) is 4.74 Å². The molecule has 0 saturated carbocycles. The molecule has 18 heavy (non-hydrogen) atoms. The van der Waals surface area contributed by atoms with Crippen molar-refractivity contribution in [3.05, 3.63) is 63.9 Å². The number of benzene rings is 2. The highest BCUT2D eigenvalue weighted by atomic mass is 79.9. The van der Waals surface area contributed by atoms with E-state index in [1.165, 1.54) is 18.2 Å². The zero-order valence-corrected chi connectivity index (χ0v) is 10.7. The van der Waals surface area contributed by atoms with Crippen LogP contribution in [0.3, 0.4) is 0 Å². The number of hydrogen-bond donors (Lipinski definition) is 0. The van der Waals surface area contributed by atoms with Crippen LogP contribution in [-0.2, 0) is 6.61 Å². The molecule has 0 spiro atoms. The van der Waals surface area contributed by atoms with E-state index in [9.17, 15) is 13.2 Å². The first-order valence-electron chi connectivity index (χ1n) is 5.08. The second-order valence-corrected chi connectivity index (χ2v) is 4.37. The fourth-order valence-corrected chi connectivity index (χ4v) is 1.79. The molecular weight excluding hydrogens is 309 g/mol. The summed E-state index contributed by atoms with van der Waals surface area (Å²) in [6, 6.07) is 7.49. The molecule has 0 radical (unpaired) electrons. The van der Waals surface area contributed by atoms with Gasteiger partial charge in [-0.15, -0.1) is 0 Å². The van der Waals surface area contributed by atoms with E-state index in [0.717, 1.165) is 12.1 Å². The number of rotatable bonds is 3. The second-order valence-electron chi connectivity index (χ2n) is 3.58. The molecule has 2 aromatic carbocycles. The fraction of sp³-hybridized carbons (Fsp3) is 0.0769. The third kappa shape index (κ3) is 2.85. The highest BCUT2D eigenvalue weighted by Crippen LogP contribution is 2.23. The number of halogens is 4. The van der Waals surface area contributed by atoms with Crippen LogP contribution in [0.1, 0.15) is 5.56 Å². The quantitative estimate of drug-likeness (QED) is 0.813. The molecular formula is C13H8BrF3O. The molecule has 1 nitrogen and oxygen atoms in total. The smallest absolute Gasteiger partial charge is 0.167 e. The van der Waals surface area contributed by atoms with Crippen molar-refractivity contribution in [2.24, 2.45) is 0 Å². The van der Waals surface area contributed by atoms with Gasteiger partial charge in [0.15, 0.2) is 11.6 Å². The van der Waals surface area contributed by atoms with Crippen LogP contribution >= 0.6 is 15.9 Å². The molecule has 0 aromatic heterocycles. The van der Waals surface area contributed by atoms with Gasteiger partial charge in [-0.2, -0.15) is 0 Å². The van der Waals surface area contributed by atoms with Crippen molar-refractivity contribution in [3.8, 4) is 5.75 Å². The maximum absolute atomic E-state index is 13.3.